The molecule has 0 saturated carbocycles. The Kier molecular flexibility index (Phi) is 4.03. The summed E-state index contributed by atoms with van der Waals surface area (Å²) < 4.78 is 6.88. The number of methoxy groups -OCH3 is 1. The number of ether oxygens (including phenoxy) is 1. The second-order valence-electron chi connectivity index (χ2n) is 6.62. The Bertz CT molecular complexity index is 1060. The summed E-state index contributed by atoms with van der Waals surface area (Å²) >= 11 is 0. The maximum atomic E-state index is 12.7. The van der Waals surface area contributed by atoms with Crippen molar-refractivity contribution in [2.45, 2.75) is 32.9 Å². The molecule has 6 nitrogen and oxygen atoms in total. The predicted octanol–water partition coefficient (Wildman–Crippen LogP) is 2.98. The topological polar surface area (TPSA) is 76.4 Å². The Morgan fingerprint density at radius 1 is 1.31 bits per heavy atom. The molecule has 0 radical (unpaired) electrons. The van der Waals surface area contributed by atoms with E-state index in [1.54, 1.807) is 17.7 Å². The van der Waals surface area contributed by atoms with E-state index in [1.165, 1.54) is 0 Å². The van der Waals surface area contributed by atoms with Crippen LogP contribution >= 0.6 is 0 Å². The number of benzene rings is 2. The molecule has 134 valence electrons. The Morgan fingerprint density at radius 2 is 2.15 bits per heavy atom. The monoisotopic (exact) mass is 351 g/mol. The lowest BCUT2D eigenvalue weighted by atomic mass is 10.1. The largest absolute Gasteiger partial charge is 0.507 e. The van der Waals surface area contributed by atoms with Crippen molar-refractivity contribution in [2.24, 2.45) is 0 Å². The number of anilines is 1. The fourth-order valence-corrected chi connectivity index (χ4v) is 3.44. The molecule has 26 heavy (non-hydrogen) atoms. The zero-order valence-electron chi connectivity index (χ0n) is 14.9. The number of aromatic hydroxyl groups is 1. The third-order valence-corrected chi connectivity index (χ3v) is 4.92. The average Bonchev–Trinajstić information content (AvgIpc) is 3.10. The van der Waals surface area contributed by atoms with Crippen LogP contribution in [0.15, 0.2) is 35.1 Å². The normalized spacial score (nSPS) is 13.0. The van der Waals surface area contributed by atoms with Gasteiger partial charge in [-0.3, -0.25) is 9.36 Å². The Balaban J connectivity index is 1.67. The van der Waals surface area contributed by atoms with Crippen LogP contribution < -0.4 is 15.6 Å². The Labute approximate surface area is 151 Å². The van der Waals surface area contributed by atoms with Crippen molar-refractivity contribution in [3.8, 4) is 11.5 Å². The second kappa shape index (κ2) is 6.37. The SMILES string of the molecule is COc1ccc(CNc2cc3c(=O)n4c(nc3cc2C)CCC4)c(O)c1. The molecule has 3 aromatic rings. The molecule has 1 aliphatic rings. The fourth-order valence-electron chi connectivity index (χ4n) is 3.44. The number of hydrogen-bond donors (Lipinski definition) is 2. The Morgan fingerprint density at radius 3 is 2.92 bits per heavy atom. The number of nitrogens with zero attached hydrogens (tertiary/aromatic N) is 2. The van der Waals surface area contributed by atoms with Crippen LogP contribution in [0.1, 0.15) is 23.4 Å². The minimum absolute atomic E-state index is 0.0258. The smallest absolute Gasteiger partial charge is 0.261 e. The first-order chi connectivity index (χ1) is 12.6. The number of aryl methyl sites for hydroxylation is 2. The number of hydrogen-bond acceptors (Lipinski definition) is 5. The van der Waals surface area contributed by atoms with E-state index in [9.17, 15) is 9.90 Å². The van der Waals surface area contributed by atoms with E-state index >= 15 is 0 Å². The zero-order valence-corrected chi connectivity index (χ0v) is 14.9. The predicted molar refractivity (Wildman–Crippen MR) is 101 cm³/mol. The summed E-state index contributed by atoms with van der Waals surface area (Å²) in [6.07, 6.45) is 1.83. The van der Waals surface area contributed by atoms with Gasteiger partial charge in [-0.15, -0.1) is 0 Å². The molecule has 2 N–H and O–H groups in total. The van der Waals surface area contributed by atoms with Gasteiger partial charge in [-0.1, -0.05) is 0 Å². The molecule has 2 aromatic carbocycles. The van der Waals surface area contributed by atoms with Crippen LogP contribution in [-0.4, -0.2) is 21.8 Å². The molecule has 0 bridgehead atoms. The standard InChI is InChI=1S/C20H21N3O3/c1-12-8-17-15(20(25)23-7-3-4-19(23)22-17)10-16(12)21-11-13-5-6-14(26-2)9-18(13)24/h5-6,8-10,21,24H,3-4,7,11H2,1-2H3. The van der Waals surface area contributed by atoms with Gasteiger partial charge in [0.05, 0.1) is 18.0 Å². The second-order valence-corrected chi connectivity index (χ2v) is 6.62. The number of phenols is 1. The first-order valence-electron chi connectivity index (χ1n) is 8.70. The molecule has 0 saturated heterocycles. The number of phenolic OH excluding ortho intramolecular Hbond substituents is 1. The van der Waals surface area contributed by atoms with Crippen LogP contribution in [0, 0.1) is 6.92 Å². The molecular weight excluding hydrogens is 330 g/mol. The third-order valence-electron chi connectivity index (χ3n) is 4.92. The number of aromatic nitrogens is 2. The minimum Gasteiger partial charge on any atom is -0.507 e. The lowest BCUT2D eigenvalue weighted by molar-refractivity contribution is 0.406. The van der Waals surface area contributed by atoms with Gasteiger partial charge in [-0.05, 0) is 43.2 Å². The highest BCUT2D eigenvalue weighted by Gasteiger charge is 2.17. The highest BCUT2D eigenvalue weighted by molar-refractivity contribution is 5.83. The molecule has 1 aliphatic heterocycles. The minimum atomic E-state index is 0.0258. The molecule has 6 heteroatoms. The van der Waals surface area contributed by atoms with Crippen molar-refractivity contribution in [3.63, 3.8) is 0 Å². The first kappa shape index (κ1) is 16.4. The van der Waals surface area contributed by atoms with E-state index in [1.807, 2.05) is 31.2 Å². The van der Waals surface area contributed by atoms with E-state index < -0.39 is 0 Å². The van der Waals surface area contributed by atoms with Gasteiger partial charge in [-0.25, -0.2) is 4.98 Å². The van der Waals surface area contributed by atoms with Crippen molar-refractivity contribution in [3.05, 3.63) is 57.6 Å². The summed E-state index contributed by atoms with van der Waals surface area (Å²) in [5.74, 6) is 1.67. The van der Waals surface area contributed by atoms with E-state index in [0.29, 0.717) is 17.7 Å². The van der Waals surface area contributed by atoms with Gasteiger partial charge in [0.2, 0.25) is 0 Å². The van der Waals surface area contributed by atoms with Gasteiger partial charge in [0.15, 0.2) is 0 Å². The molecule has 0 amide bonds. The number of nitrogens with one attached hydrogen (secondary N) is 1. The lowest BCUT2D eigenvalue weighted by Gasteiger charge is -2.13. The highest BCUT2D eigenvalue weighted by atomic mass is 16.5. The van der Waals surface area contributed by atoms with E-state index in [-0.39, 0.29) is 11.3 Å². The molecule has 0 unspecified atom stereocenters. The number of fused-ring (bicyclic) bond motifs is 2. The molecule has 0 spiro atoms. The molecule has 1 aromatic heterocycles. The number of rotatable bonds is 4. The highest BCUT2D eigenvalue weighted by Crippen LogP contribution is 2.26. The van der Waals surface area contributed by atoms with Gasteiger partial charge in [0.25, 0.3) is 5.56 Å². The summed E-state index contributed by atoms with van der Waals surface area (Å²) in [6, 6.07) is 9.03. The van der Waals surface area contributed by atoms with Crippen LogP contribution in [0.4, 0.5) is 5.69 Å². The summed E-state index contributed by atoms with van der Waals surface area (Å²) in [7, 11) is 1.56. The van der Waals surface area contributed by atoms with Crippen LogP contribution in [0.5, 0.6) is 11.5 Å². The molecule has 0 aliphatic carbocycles. The maximum Gasteiger partial charge on any atom is 0.261 e. The van der Waals surface area contributed by atoms with E-state index in [4.69, 9.17) is 4.74 Å². The Hall–Kier alpha value is -3.02. The summed E-state index contributed by atoms with van der Waals surface area (Å²) in [5, 5.41) is 14.1. The van der Waals surface area contributed by atoms with Gasteiger partial charge in [0, 0.05) is 36.8 Å². The average molecular weight is 351 g/mol. The van der Waals surface area contributed by atoms with Crippen LogP contribution in [-0.2, 0) is 19.5 Å². The fraction of sp³-hybridized carbons (Fsp3) is 0.300. The zero-order chi connectivity index (χ0) is 18.3. The van der Waals surface area contributed by atoms with Crippen molar-refractivity contribution >= 4 is 16.6 Å². The molecule has 2 heterocycles. The van der Waals surface area contributed by atoms with Gasteiger partial charge in [0.1, 0.15) is 17.3 Å². The molecule has 0 atom stereocenters. The van der Waals surface area contributed by atoms with E-state index in [0.717, 1.165) is 47.5 Å². The van der Waals surface area contributed by atoms with Gasteiger partial charge < -0.3 is 15.2 Å². The lowest BCUT2D eigenvalue weighted by Crippen LogP contribution is -2.21. The van der Waals surface area contributed by atoms with Crippen LogP contribution in [0.25, 0.3) is 10.9 Å². The van der Waals surface area contributed by atoms with E-state index in [2.05, 4.69) is 10.3 Å². The van der Waals surface area contributed by atoms with Gasteiger partial charge in [-0.2, -0.15) is 0 Å². The summed E-state index contributed by atoms with van der Waals surface area (Å²) in [5.41, 5.74) is 3.41. The maximum absolute atomic E-state index is 12.7. The molecule has 0 fully saturated rings. The van der Waals surface area contributed by atoms with Crippen molar-refractivity contribution in [1.82, 2.24) is 9.55 Å². The van der Waals surface area contributed by atoms with Crippen LogP contribution in [0.3, 0.4) is 0 Å². The summed E-state index contributed by atoms with van der Waals surface area (Å²) in [6.45, 7) is 3.18. The van der Waals surface area contributed by atoms with Crippen molar-refractivity contribution in [1.29, 1.82) is 0 Å². The van der Waals surface area contributed by atoms with Crippen molar-refractivity contribution < 1.29 is 9.84 Å². The quantitative estimate of drug-likeness (QED) is 0.756. The summed E-state index contributed by atoms with van der Waals surface area (Å²) in [4.78, 5) is 17.4. The van der Waals surface area contributed by atoms with Crippen molar-refractivity contribution in [2.75, 3.05) is 12.4 Å². The molecular formula is C20H21N3O3. The first-order valence-corrected chi connectivity index (χ1v) is 8.70. The van der Waals surface area contributed by atoms with Gasteiger partial charge >= 0.3 is 0 Å². The van der Waals surface area contributed by atoms with Crippen LogP contribution in [0.2, 0.25) is 0 Å². The molecule has 4 rings (SSSR count). The third kappa shape index (κ3) is 2.77.